The van der Waals surface area contributed by atoms with E-state index in [1.807, 2.05) is 36.4 Å². The molecule has 2 amide bonds. The van der Waals surface area contributed by atoms with Gasteiger partial charge in [0.05, 0.1) is 13.2 Å². The minimum Gasteiger partial charge on any atom is -0.468 e. The van der Waals surface area contributed by atoms with Gasteiger partial charge in [-0.25, -0.2) is 4.79 Å². The van der Waals surface area contributed by atoms with Gasteiger partial charge in [-0.15, -0.1) is 0 Å². The maximum atomic E-state index is 11.8. The van der Waals surface area contributed by atoms with E-state index in [4.69, 9.17) is 4.74 Å². The maximum Gasteiger partial charge on any atom is 0.319 e. The number of rotatable bonds is 3. The first kappa shape index (κ1) is 13.9. The van der Waals surface area contributed by atoms with Gasteiger partial charge in [-0.05, 0) is 5.56 Å². The van der Waals surface area contributed by atoms with Crippen LogP contribution in [0, 0.1) is 5.92 Å². The predicted octanol–water partition coefficient (Wildman–Crippen LogP) is 1.68. The van der Waals surface area contributed by atoms with Crippen molar-refractivity contribution in [3.8, 4) is 0 Å². The van der Waals surface area contributed by atoms with Crippen molar-refractivity contribution >= 4 is 18.1 Å². The Labute approximate surface area is 117 Å². The molecule has 0 unspecified atom stereocenters. The monoisotopic (exact) mass is 272 g/mol. The van der Waals surface area contributed by atoms with Crippen molar-refractivity contribution in [3.63, 3.8) is 0 Å². The molecule has 0 bridgehead atoms. The second-order valence-corrected chi connectivity index (χ2v) is 4.42. The van der Waals surface area contributed by atoms with E-state index in [2.05, 4.69) is 17.2 Å². The first-order valence-corrected chi connectivity index (χ1v) is 6.19. The molecule has 1 fully saturated rings. The fourth-order valence-electron chi connectivity index (χ4n) is 2.07. The zero-order valence-corrected chi connectivity index (χ0v) is 11.1. The number of carbonyl (C=O) groups is 2. The molecule has 0 saturated carbocycles. The van der Waals surface area contributed by atoms with Crippen LogP contribution < -0.4 is 10.6 Å². The average molecular weight is 272 g/mol. The fraction of sp³-hybridized carbons (Fsp3) is 0.200. The Balaban J connectivity index is 2.21. The number of hydrogen-bond acceptors (Lipinski definition) is 3. The van der Waals surface area contributed by atoms with Gasteiger partial charge in [-0.2, -0.15) is 0 Å². The van der Waals surface area contributed by atoms with Crippen LogP contribution >= 0.6 is 0 Å². The number of nitrogens with one attached hydrogen (secondary N) is 2. The Hall–Kier alpha value is -2.56. The molecule has 1 heterocycles. The third-order valence-corrected chi connectivity index (χ3v) is 3.06. The lowest BCUT2D eigenvalue weighted by Crippen LogP contribution is -2.54. The number of esters is 1. The van der Waals surface area contributed by atoms with Crippen molar-refractivity contribution in [2.24, 2.45) is 5.92 Å². The first-order valence-electron chi connectivity index (χ1n) is 6.19. The summed E-state index contributed by atoms with van der Waals surface area (Å²) in [4.78, 5) is 23.3. The Morgan fingerprint density at radius 1 is 1.35 bits per heavy atom. The summed E-state index contributed by atoms with van der Waals surface area (Å²) in [6.45, 7) is 3.71. The number of benzene rings is 1. The second-order valence-electron chi connectivity index (χ2n) is 4.42. The van der Waals surface area contributed by atoms with Crippen LogP contribution in [0.3, 0.4) is 0 Å². The van der Waals surface area contributed by atoms with Crippen molar-refractivity contribution in [3.05, 3.63) is 54.2 Å². The Kier molecular flexibility index (Phi) is 4.20. The SMILES string of the molecule is C=C1NC(=O)N[C@@H](C=Cc2ccccc2)[C@H]1C(=O)OC. The van der Waals surface area contributed by atoms with Crippen LogP contribution in [-0.2, 0) is 9.53 Å². The highest BCUT2D eigenvalue weighted by Gasteiger charge is 2.36. The molecule has 20 heavy (non-hydrogen) atoms. The summed E-state index contributed by atoms with van der Waals surface area (Å²) in [7, 11) is 1.31. The Morgan fingerprint density at radius 2 is 2.05 bits per heavy atom. The van der Waals surface area contributed by atoms with E-state index < -0.39 is 17.9 Å². The first-order chi connectivity index (χ1) is 9.61. The number of ether oxygens (including phenoxy) is 1. The summed E-state index contributed by atoms with van der Waals surface area (Å²) in [5.41, 5.74) is 1.32. The highest BCUT2D eigenvalue weighted by molar-refractivity contribution is 5.85. The number of hydrogen-bond donors (Lipinski definition) is 2. The Morgan fingerprint density at radius 3 is 2.70 bits per heavy atom. The Bertz CT molecular complexity index is 551. The molecule has 1 aliphatic heterocycles. The quantitative estimate of drug-likeness (QED) is 0.823. The molecule has 104 valence electrons. The van der Waals surface area contributed by atoms with Crippen LogP contribution in [0.4, 0.5) is 4.79 Å². The predicted molar refractivity (Wildman–Crippen MR) is 75.6 cm³/mol. The summed E-state index contributed by atoms with van der Waals surface area (Å²) in [6.07, 6.45) is 3.61. The topological polar surface area (TPSA) is 67.4 Å². The van der Waals surface area contributed by atoms with Crippen molar-refractivity contribution in [2.45, 2.75) is 6.04 Å². The van der Waals surface area contributed by atoms with Crippen LogP contribution in [0.2, 0.25) is 0 Å². The molecular weight excluding hydrogens is 256 g/mol. The van der Waals surface area contributed by atoms with E-state index in [0.717, 1.165) is 5.56 Å². The molecule has 1 saturated heterocycles. The summed E-state index contributed by atoms with van der Waals surface area (Å²) < 4.78 is 4.75. The molecule has 0 radical (unpaired) electrons. The van der Waals surface area contributed by atoms with Gasteiger partial charge in [0, 0.05) is 5.70 Å². The standard InChI is InChI=1S/C15H16N2O3/c1-10-13(14(18)20-2)12(17-15(19)16-10)9-8-11-6-4-3-5-7-11/h3-9,12-13H,1H2,2H3,(H2,16,17,19)/t12-,13-/m0/s1. The molecule has 1 aromatic carbocycles. The summed E-state index contributed by atoms with van der Waals surface area (Å²) in [6, 6.07) is 8.75. The number of methoxy groups -OCH3 is 1. The van der Waals surface area contributed by atoms with Gasteiger partial charge in [-0.3, -0.25) is 4.79 Å². The third kappa shape index (κ3) is 3.06. The van der Waals surface area contributed by atoms with Crippen LogP contribution in [0.15, 0.2) is 48.7 Å². The van der Waals surface area contributed by atoms with Gasteiger partial charge >= 0.3 is 12.0 Å². The molecule has 0 aliphatic carbocycles. The van der Waals surface area contributed by atoms with Gasteiger partial charge in [0.15, 0.2) is 0 Å². The van der Waals surface area contributed by atoms with E-state index in [1.165, 1.54) is 7.11 Å². The van der Waals surface area contributed by atoms with E-state index >= 15 is 0 Å². The van der Waals surface area contributed by atoms with Gasteiger partial charge in [0.1, 0.15) is 5.92 Å². The van der Waals surface area contributed by atoms with E-state index in [-0.39, 0.29) is 6.03 Å². The van der Waals surface area contributed by atoms with E-state index in [0.29, 0.717) is 5.70 Å². The molecule has 2 N–H and O–H groups in total. The lowest BCUT2D eigenvalue weighted by Gasteiger charge is -2.30. The number of carbonyl (C=O) groups excluding carboxylic acids is 2. The largest absolute Gasteiger partial charge is 0.468 e. The van der Waals surface area contributed by atoms with Crippen LogP contribution in [0.1, 0.15) is 5.56 Å². The normalized spacial score (nSPS) is 22.2. The lowest BCUT2D eigenvalue weighted by molar-refractivity contribution is -0.144. The van der Waals surface area contributed by atoms with E-state index in [9.17, 15) is 9.59 Å². The minimum absolute atomic E-state index is 0.336. The molecule has 1 aromatic rings. The van der Waals surface area contributed by atoms with Crippen molar-refractivity contribution in [2.75, 3.05) is 7.11 Å². The third-order valence-electron chi connectivity index (χ3n) is 3.06. The molecular formula is C15H16N2O3. The van der Waals surface area contributed by atoms with Crippen molar-refractivity contribution < 1.29 is 14.3 Å². The van der Waals surface area contributed by atoms with Gasteiger partial charge in [-0.1, -0.05) is 49.1 Å². The molecule has 5 heteroatoms. The zero-order valence-electron chi connectivity index (χ0n) is 11.1. The summed E-state index contributed by atoms with van der Waals surface area (Å²) in [5, 5.41) is 5.18. The molecule has 5 nitrogen and oxygen atoms in total. The highest BCUT2D eigenvalue weighted by Crippen LogP contribution is 2.19. The van der Waals surface area contributed by atoms with Crippen molar-refractivity contribution in [1.82, 2.24) is 10.6 Å². The summed E-state index contributed by atoms with van der Waals surface area (Å²) >= 11 is 0. The fourth-order valence-corrected chi connectivity index (χ4v) is 2.07. The van der Waals surface area contributed by atoms with Gasteiger partial charge in [0.25, 0.3) is 0 Å². The molecule has 0 spiro atoms. The smallest absolute Gasteiger partial charge is 0.319 e. The highest BCUT2D eigenvalue weighted by atomic mass is 16.5. The zero-order chi connectivity index (χ0) is 14.5. The van der Waals surface area contributed by atoms with Crippen molar-refractivity contribution in [1.29, 1.82) is 0 Å². The van der Waals surface area contributed by atoms with Gasteiger partial charge < -0.3 is 15.4 Å². The maximum absolute atomic E-state index is 11.8. The number of amides is 2. The minimum atomic E-state index is -0.641. The average Bonchev–Trinajstić information content (AvgIpc) is 2.45. The number of urea groups is 1. The summed E-state index contributed by atoms with van der Waals surface area (Å²) in [5.74, 6) is -1.08. The molecule has 2 atom stereocenters. The lowest BCUT2D eigenvalue weighted by atomic mass is 9.94. The van der Waals surface area contributed by atoms with E-state index in [1.54, 1.807) is 6.08 Å². The van der Waals surface area contributed by atoms with Crippen LogP contribution in [-0.4, -0.2) is 25.2 Å². The van der Waals surface area contributed by atoms with Crippen LogP contribution in [0.5, 0.6) is 0 Å². The van der Waals surface area contributed by atoms with Crippen LogP contribution in [0.25, 0.3) is 6.08 Å². The molecule has 2 rings (SSSR count). The second kappa shape index (κ2) is 6.06. The van der Waals surface area contributed by atoms with Gasteiger partial charge in [0.2, 0.25) is 0 Å². The molecule has 1 aliphatic rings. The molecule has 0 aromatic heterocycles.